The van der Waals surface area contributed by atoms with Gasteiger partial charge in [-0.15, -0.1) is 0 Å². The minimum atomic E-state index is -4.55. The van der Waals surface area contributed by atoms with E-state index in [2.05, 4.69) is 0 Å². The van der Waals surface area contributed by atoms with Crippen molar-refractivity contribution in [2.75, 3.05) is 13.2 Å². The second-order valence-corrected chi connectivity index (χ2v) is 4.72. The first kappa shape index (κ1) is 13.9. The quantitative estimate of drug-likeness (QED) is 0.784. The van der Waals surface area contributed by atoms with Crippen molar-refractivity contribution >= 4 is 23.2 Å². The summed E-state index contributed by atoms with van der Waals surface area (Å²) in [5.74, 6) is 0. The molecule has 0 radical (unpaired) electrons. The van der Waals surface area contributed by atoms with Crippen molar-refractivity contribution in [1.82, 2.24) is 0 Å². The van der Waals surface area contributed by atoms with E-state index in [1.807, 2.05) is 0 Å². The minimum absolute atomic E-state index is 0.0292. The van der Waals surface area contributed by atoms with E-state index in [1.165, 1.54) is 12.1 Å². The van der Waals surface area contributed by atoms with E-state index in [0.717, 1.165) is 6.07 Å². The zero-order valence-electron chi connectivity index (χ0n) is 9.01. The van der Waals surface area contributed by atoms with Crippen molar-refractivity contribution in [3.63, 3.8) is 0 Å². The maximum atomic E-state index is 12.9. The molecule has 0 unspecified atom stereocenters. The molecular weight excluding hydrogens is 292 g/mol. The summed E-state index contributed by atoms with van der Waals surface area (Å²) in [6.07, 6.45) is -6.90. The fraction of sp³-hybridized carbons (Fsp3) is 0.455. The molecule has 1 saturated heterocycles. The maximum absolute atomic E-state index is 12.9. The third-order valence-corrected chi connectivity index (χ3v) is 2.97. The van der Waals surface area contributed by atoms with Gasteiger partial charge >= 0.3 is 6.18 Å². The molecule has 0 amide bonds. The molecule has 100 valence electrons. The maximum Gasteiger partial charge on any atom is 0.418 e. The van der Waals surface area contributed by atoms with E-state index in [4.69, 9.17) is 32.7 Å². The Morgan fingerprint density at radius 3 is 2.61 bits per heavy atom. The van der Waals surface area contributed by atoms with Gasteiger partial charge < -0.3 is 9.47 Å². The molecular formula is C11H9Cl2F3O2. The molecule has 7 heteroatoms. The van der Waals surface area contributed by atoms with Crippen LogP contribution in [0.2, 0.25) is 10.0 Å². The molecule has 1 aliphatic rings. The Balaban J connectivity index is 2.23. The summed E-state index contributed by atoms with van der Waals surface area (Å²) < 4.78 is 48.4. The first-order chi connectivity index (χ1) is 8.38. The predicted octanol–water partition coefficient (Wildman–Crippen LogP) is 4.01. The Morgan fingerprint density at radius 2 is 2.06 bits per heavy atom. The molecule has 0 N–H and O–H groups in total. The highest BCUT2D eigenvalue weighted by atomic mass is 35.5. The summed E-state index contributed by atoms with van der Waals surface area (Å²) in [5, 5.41) is 0.147. The van der Waals surface area contributed by atoms with Crippen LogP contribution in [0.5, 0.6) is 0 Å². The molecule has 1 aromatic rings. The van der Waals surface area contributed by atoms with Gasteiger partial charge in [0.05, 0.1) is 13.2 Å². The highest BCUT2D eigenvalue weighted by molar-refractivity contribution is 6.33. The van der Waals surface area contributed by atoms with E-state index >= 15 is 0 Å². The van der Waals surface area contributed by atoms with Gasteiger partial charge in [0, 0.05) is 15.6 Å². The lowest BCUT2D eigenvalue weighted by molar-refractivity contribution is -0.224. The van der Waals surface area contributed by atoms with Crippen molar-refractivity contribution in [1.29, 1.82) is 0 Å². The lowest BCUT2D eigenvalue weighted by Gasteiger charge is -2.22. The lowest BCUT2D eigenvalue weighted by Crippen LogP contribution is -2.25. The Hall–Kier alpha value is -0.490. The van der Waals surface area contributed by atoms with Crippen LogP contribution in [0, 0.1) is 0 Å². The molecule has 2 nitrogen and oxygen atoms in total. The van der Waals surface area contributed by atoms with Gasteiger partial charge in [-0.1, -0.05) is 23.2 Å². The SMILES string of the molecule is FC(F)(F)[C@@H](OC[C@@H]1CO1)c1cc(Cl)ccc1Cl. The summed E-state index contributed by atoms with van der Waals surface area (Å²) in [7, 11) is 0. The number of alkyl halides is 3. The predicted molar refractivity (Wildman–Crippen MR) is 61.0 cm³/mol. The summed E-state index contributed by atoms with van der Waals surface area (Å²) in [5.41, 5.74) is -0.183. The van der Waals surface area contributed by atoms with Crippen molar-refractivity contribution in [2.45, 2.75) is 18.4 Å². The molecule has 0 aliphatic carbocycles. The third-order valence-electron chi connectivity index (χ3n) is 2.39. The number of epoxide rings is 1. The average molecular weight is 301 g/mol. The normalized spacial score (nSPS) is 20.8. The first-order valence-corrected chi connectivity index (χ1v) is 5.88. The molecule has 0 spiro atoms. The van der Waals surface area contributed by atoms with E-state index in [9.17, 15) is 13.2 Å². The highest BCUT2D eigenvalue weighted by Crippen LogP contribution is 2.40. The molecule has 1 aromatic carbocycles. The van der Waals surface area contributed by atoms with Gasteiger partial charge in [0.1, 0.15) is 6.10 Å². The number of halogens is 5. The Bertz CT molecular complexity index is 433. The van der Waals surface area contributed by atoms with Gasteiger partial charge in [0.2, 0.25) is 0 Å². The Kier molecular flexibility index (Phi) is 4.06. The zero-order chi connectivity index (χ0) is 13.3. The number of hydrogen-bond acceptors (Lipinski definition) is 2. The number of rotatable bonds is 4. The topological polar surface area (TPSA) is 21.8 Å². The van der Waals surface area contributed by atoms with E-state index < -0.39 is 12.3 Å². The van der Waals surface area contributed by atoms with E-state index in [-0.39, 0.29) is 28.3 Å². The Labute approximate surface area is 112 Å². The Morgan fingerprint density at radius 1 is 1.39 bits per heavy atom. The molecule has 0 bridgehead atoms. The summed E-state index contributed by atoms with van der Waals surface area (Å²) in [4.78, 5) is 0. The van der Waals surface area contributed by atoms with Crippen LogP contribution in [0.4, 0.5) is 13.2 Å². The average Bonchev–Trinajstić information content (AvgIpc) is 3.05. The lowest BCUT2D eigenvalue weighted by atomic mass is 10.1. The van der Waals surface area contributed by atoms with Crippen LogP contribution in [0.3, 0.4) is 0 Å². The van der Waals surface area contributed by atoms with Crippen LogP contribution in [0.25, 0.3) is 0 Å². The zero-order valence-corrected chi connectivity index (χ0v) is 10.5. The van der Waals surface area contributed by atoms with Gasteiger partial charge in [-0.3, -0.25) is 0 Å². The largest absolute Gasteiger partial charge is 0.418 e. The van der Waals surface area contributed by atoms with Gasteiger partial charge in [0.25, 0.3) is 0 Å². The number of hydrogen-bond donors (Lipinski definition) is 0. The van der Waals surface area contributed by atoms with Crippen molar-refractivity contribution in [3.05, 3.63) is 33.8 Å². The fourth-order valence-electron chi connectivity index (χ4n) is 1.44. The van der Waals surface area contributed by atoms with Gasteiger partial charge in [0.15, 0.2) is 6.10 Å². The van der Waals surface area contributed by atoms with E-state index in [0.29, 0.717) is 6.61 Å². The molecule has 1 aliphatic heterocycles. The van der Waals surface area contributed by atoms with Crippen molar-refractivity contribution in [2.24, 2.45) is 0 Å². The molecule has 0 aromatic heterocycles. The minimum Gasteiger partial charge on any atom is -0.371 e. The molecule has 1 fully saturated rings. The van der Waals surface area contributed by atoms with Crippen molar-refractivity contribution < 1.29 is 22.6 Å². The monoisotopic (exact) mass is 300 g/mol. The molecule has 18 heavy (non-hydrogen) atoms. The molecule has 2 atom stereocenters. The van der Waals surface area contributed by atoms with Crippen LogP contribution in [-0.2, 0) is 9.47 Å². The highest BCUT2D eigenvalue weighted by Gasteiger charge is 2.44. The van der Waals surface area contributed by atoms with Gasteiger partial charge in [-0.25, -0.2) is 0 Å². The number of benzene rings is 1. The van der Waals surface area contributed by atoms with Crippen LogP contribution in [-0.4, -0.2) is 25.5 Å². The van der Waals surface area contributed by atoms with E-state index in [1.54, 1.807) is 0 Å². The second kappa shape index (κ2) is 5.25. The van der Waals surface area contributed by atoms with Crippen LogP contribution < -0.4 is 0 Å². The summed E-state index contributed by atoms with van der Waals surface area (Å²) >= 11 is 11.4. The fourth-order valence-corrected chi connectivity index (χ4v) is 1.84. The second-order valence-electron chi connectivity index (χ2n) is 3.88. The number of ether oxygens (including phenoxy) is 2. The van der Waals surface area contributed by atoms with Gasteiger partial charge in [-0.05, 0) is 18.2 Å². The molecule has 2 rings (SSSR count). The summed E-state index contributed by atoms with van der Waals surface area (Å²) in [6.45, 7) is 0.306. The molecule has 0 saturated carbocycles. The smallest absolute Gasteiger partial charge is 0.371 e. The van der Waals surface area contributed by atoms with Crippen LogP contribution in [0.15, 0.2) is 18.2 Å². The standard InChI is InChI=1S/C11H9Cl2F3O2/c12-6-1-2-9(13)8(3-6)10(11(14,15)16)18-5-7-4-17-7/h1-3,7,10H,4-5H2/t7-,10-/m0/s1. The van der Waals surface area contributed by atoms with Crippen molar-refractivity contribution in [3.8, 4) is 0 Å². The van der Waals surface area contributed by atoms with Crippen LogP contribution >= 0.6 is 23.2 Å². The molecule has 1 heterocycles. The summed E-state index contributed by atoms with van der Waals surface area (Å²) in [6, 6.07) is 3.90. The van der Waals surface area contributed by atoms with Gasteiger partial charge in [-0.2, -0.15) is 13.2 Å². The third kappa shape index (κ3) is 3.51. The first-order valence-electron chi connectivity index (χ1n) is 5.13. The van der Waals surface area contributed by atoms with Crippen LogP contribution in [0.1, 0.15) is 11.7 Å².